The summed E-state index contributed by atoms with van der Waals surface area (Å²) in [5.41, 5.74) is 4.78. The molecule has 3 aromatic rings. The van der Waals surface area contributed by atoms with Crippen molar-refractivity contribution in [2.24, 2.45) is 0 Å². The number of hydrogen-bond acceptors (Lipinski definition) is 5. The van der Waals surface area contributed by atoms with Gasteiger partial charge in [-0.1, -0.05) is 12.1 Å². The third kappa shape index (κ3) is 3.00. The summed E-state index contributed by atoms with van der Waals surface area (Å²) < 4.78 is 0. The van der Waals surface area contributed by atoms with Crippen molar-refractivity contribution in [1.82, 2.24) is 30.9 Å². The van der Waals surface area contributed by atoms with E-state index in [0.717, 1.165) is 29.7 Å². The topological polar surface area (TPSA) is 96.5 Å². The first kappa shape index (κ1) is 15.4. The van der Waals surface area contributed by atoms with Crippen molar-refractivity contribution in [3.8, 4) is 11.4 Å². The fourth-order valence-corrected chi connectivity index (χ4v) is 3.35. The van der Waals surface area contributed by atoms with E-state index < -0.39 is 0 Å². The van der Waals surface area contributed by atoms with Gasteiger partial charge in [0.15, 0.2) is 0 Å². The summed E-state index contributed by atoms with van der Waals surface area (Å²) in [6, 6.07) is 9.61. The van der Waals surface area contributed by atoms with Gasteiger partial charge in [0.05, 0.1) is 0 Å². The molecule has 7 heteroatoms. The molecule has 2 aromatic heterocycles. The molecule has 1 amide bonds. The molecule has 0 spiro atoms. The van der Waals surface area contributed by atoms with E-state index in [0.29, 0.717) is 23.9 Å². The number of hydrogen-bond donors (Lipinski definition) is 2. The molecule has 2 heterocycles. The van der Waals surface area contributed by atoms with Gasteiger partial charge in [0.2, 0.25) is 5.82 Å². The maximum absolute atomic E-state index is 12.6. The molecule has 0 aliphatic heterocycles. The Bertz CT molecular complexity index is 906. The molecule has 0 radical (unpaired) electrons. The van der Waals surface area contributed by atoms with E-state index in [1.807, 2.05) is 31.3 Å². The number of fused-ring (bicyclic) bond motifs is 1. The van der Waals surface area contributed by atoms with E-state index >= 15 is 0 Å². The van der Waals surface area contributed by atoms with Crippen LogP contribution in [-0.4, -0.2) is 38.1 Å². The Hall–Kier alpha value is -3.09. The lowest BCUT2D eigenvalue weighted by Gasteiger charge is -2.13. The molecular formula is C18H18N6O. The van der Waals surface area contributed by atoms with Gasteiger partial charge in [-0.3, -0.25) is 9.78 Å². The zero-order chi connectivity index (χ0) is 17.2. The smallest absolute Gasteiger partial charge is 0.251 e. The van der Waals surface area contributed by atoms with E-state index in [4.69, 9.17) is 0 Å². The number of tetrazole rings is 1. The Morgan fingerprint density at radius 1 is 1.36 bits per heavy atom. The minimum Gasteiger partial charge on any atom is -0.351 e. The molecule has 1 aromatic carbocycles. The molecule has 25 heavy (non-hydrogen) atoms. The fourth-order valence-electron chi connectivity index (χ4n) is 3.35. The summed E-state index contributed by atoms with van der Waals surface area (Å²) in [6.07, 6.45) is 3.88. The Labute approximate surface area is 144 Å². The third-order valence-electron chi connectivity index (χ3n) is 4.66. The minimum absolute atomic E-state index is 0.0680. The molecule has 1 aliphatic carbocycles. The number of aromatic amines is 1. The number of aromatic nitrogens is 5. The molecule has 126 valence electrons. The standard InChI is InChI=1S/C18H18N6O/c1-11-9-13(17-21-23-24-22-17)6-7-15(11)18(25)20-10-14-5-4-12-3-2-8-19-16(12)14/h2-3,6-9,14H,4-5,10H2,1H3,(H,20,25)(H,21,22,23,24). The van der Waals surface area contributed by atoms with Crippen LogP contribution in [0.4, 0.5) is 0 Å². The number of amides is 1. The van der Waals surface area contributed by atoms with Gasteiger partial charge < -0.3 is 5.32 Å². The molecule has 0 saturated carbocycles. The Kier molecular flexibility index (Phi) is 3.97. The van der Waals surface area contributed by atoms with E-state index in [-0.39, 0.29) is 5.91 Å². The molecule has 2 N–H and O–H groups in total. The summed E-state index contributed by atoms with van der Waals surface area (Å²) in [4.78, 5) is 17.0. The number of carbonyl (C=O) groups is 1. The normalized spacial score (nSPS) is 15.8. The van der Waals surface area contributed by atoms with Crippen molar-refractivity contribution in [1.29, 1.82) is 0 Å². The predicted octanol–water partition coefficient (Wildman–Crippen LogP) is 2.03. The highest BCUT2D eigenvalue weighted by Crippen LogP contribution is 2.30. The zero-order valence-electron chi connectivity index (χ0n) is 13.9. The van der Waals surface area contributed by atoms with Crippen molar-refractivity contribution in [3.05, 3.63) is 58.9 Å². The SMILES string of the molecule is Cc1cc(-c2nn[nH]n2)ccc1C(=O)NCC1CCc2cccnc21. The number of H-pyrrole nitrogens is 1. The number of aryl methyl sites for hydroxylation is 2. The molecular weight excluding hydrogens is 316 g/mol. The van der Waals surface area contributed by atoms with Gasteiger partial charge in [-0.05, 0) is 54.3 Å². The first-order valence-corrected chi connectivity index (χ1v) is 8.29. The van der Waals surface area contributed by atoms with Crippen LogP contribution in [0, 0.1) is 6.92 Å². The number of nitrogens with one attached hydrogen (secondary N) is 2. The largest absolute Gasteiger partial charge is 0.351 e. The van der Waals surface area contributed by atoms with Gasteiger partial charge in [-0.2, -0.15) is 5.21 Å². The van der Waals surface area contributed by atoms with Gasteiger partial charge in [0.25, 0.3) is 5.91 Å². The number of rotatable bonds is 4. The molecule has 4 rings (SSSR count). The van der Waals surface area contributed by atoms with E-state index in [2.05, 4.69) is 37.0 Å². The van der Waals surface area contributed by atoms with Crippen LogP contribution in [0.15, 0.2) is 36.5 Å². The summed E-state index contributed by atoms with van der Waals surface area (Å²) in [6.45, 7) is 2.51. The zero-order valence-corrected chi connectivity index (χ0v) is 13.9. The first-order chi connectivity index (χ1) is 12.2. The van der Waals surface area contributed by atoms with Crippen molar-refractivity contribution in [3.63, 3.8) is 0 Å². The molecule has 1 unspecified atom stereocenters. The van der Waals surface area contributed by atoms with Gasteiger partial charge in [-0.15, -0.1) is 10.2 Å². The van der Waals surface area contributed by atoms with E-state index in [9.17, 15) is 4.79 Å². The Balaban J connectivity index is 1.45. The van der Waals surface area contributed by atoms with Crippen molar-refractivity contribution >= 4 is 5.91 Å². The molecule has 7 nitrogen and oxygen atoms in total. The number of nitrogens with zero attached hydrogens (tertiary/aromatic N) is 4. The number of benzene rings is 1. The van der Waals surface area contributed by atoms with Crippen LogP contribution < -0.4 is 5.32 Å². The maximum Gasteiger partial charge on any atom is 0.251 e. The lowest BCUT2D eigenvalue weighted by molar-refractivity contribution is 0.0950. The van der Waals surface area contributed by atoms with Crippen LogP contribution >= 0.6 is 0 Å². The predicted molar refractivity (Wildman–Crippen MR) is 92.0 cm³/mol. The summed E-state index contributed by atoms with van der Waals surface area (Å²) >= 11 is 0. The maximum atomic E-state index is 12.6. The second-order valence-electron chi connectivity index (χ2n) is 6.26. The lowest BCUT2D eigenvalue weighted by atomic mass is 10.0. The average molecular weight is 334 g/mol. The van der Waals surface area contributed by atoms with Crippen LogP contribution in [0.25, 0.3) is 11.4 Å². The molecule has 1 atom stereocenters. The number of pyridine rings is 1. The van der Waals surface area contributed by atoms with Crippen LogP contribution in [0.5, 0.6) is 0 Å². The Morgan fingerprint density at radius 3 is 3.08 bits per heavy atom. The van der Waals surface area contributed by atoms with Gasteiger partial charge in [0, 0.05) is 35.5 Å². The molecule has 0 saturated heterocycles. The highest BCUT2D eigenvalue weighted by molar-refractivity contribution is 5.96. The van der Waals surface area contributed by atoms with Crippen molar-refractivity contribution < 1.29 is 4.79 Å². The van der Waals surface area contributed by atoms with Gasteiger partial charge >= 0.3 is 0 Å². The molecule has 0 fully saturated rings. The van der Waals surface area contributed by atoms with Crippen LogP contribution in [-0.2, 0) is 6.42 Å². The van der Waals surface area contributed by atoms with Crippen molar-refractivity contribution in [2.75, 3.05) is 6.54 Å². The van der Waals surface area contributed by atoms with Crippen LogP contribution in [0.2, 0.25) is 0 Å². The number of carbonyl (C=O) groups excluding carboxylic acids is 1. The molecule has 0 bridgehead atoms. The third-order valence-corrected chi connectivity index (χ3v) is 4.66. The second-order valence-corrected chi connectivity index (χ2v) is 6.26. The summed E-state index contributed by atoms with van der Waals surface area (Å²) in [7, 11) is 0. The summed E-state index contributed by atoms with van der Waals surface area (Å²) in [5.74, 6) is 0.740. The highest BCUT2D eigenvalue weighted by atomic mass is 16.1. The quantitative estimate of drug-likeness (QED) is 0.761. The lowest BCUT2D eigenvalue weighted by Crippen LogP contribution is -2.28. The minimum atomic E-state index is -0.0680. The highest BCUT2D eigenvalue weighted by Gasteiger charge is 2.24. The molecule has 1 aliphatic rings. The average Bonchev–Trinajstić information content (AvgIpc) is 3.29. The van der Waals surface area contributed by atoms with Crippen LogP contribution in [0.3, 0.4) is 0 Å². The van der Waals surface area contributed by atoms with Crippen molar-refractivity contribution in [2.45, 2.75) is 25.7 Å². The second kappa shape index (κ2) is 6.43. The Morgan fingerprint density at radius 2 is 2.28 bits per heavy atom. The summed E-state index contributed by atoms with van der Waals surface area (Å²) in [5, 5.41) is 16.9. The van der Waals surface area contributed by atoms with E-state index in [1.54, 1.807) is 6.07 Å². The first-order valence-electron chi connectivity index (χ1n) is 8.29. The fraction of sp³-hybridized carbons (Fsp3) is 0.278. The van der Waals surface area contributed by atoms with Gasteiger partial charge in [0.1, 0.15) is 0 Å². The van der Waals surface area contributed by atoms with Gasteiger partial charge in [-0.25, -0.2) is 0 Å². The van der Waals surface area contributed by atoms with Crippen LogP contribution in [0.1, 0.15) is 39.5 Å². The van der Waals surface area contributed by atoms with E-state index in [1.165, 1.54) is 5.56 Å². The monoisotopic (exact) mass is 334 g/mol.